The summed E-state index contributed by atoms with van der Waals surface area (Å²) < 4.78 is 11.1. The second kappa shape index (κ2) is 9.04. The number of hydrogen-bond donors (Lipinski definition) is 3. The van der Waals surface area contributed by atoms with Gasteiger partial charge in [-0.05, 0) is 30.6 Å². The van der Waals surface area contributed by atoms with Crippen LogP contribution in [0, 0.1) is 5.92 Å². The zero-order chi connectivity index (χ0) is 21.0. The Morgan fingerprint density at radius 3 is 2.86 bits per heavy atom. The molecule has 0 bridgehead atoms. The highest BCUT2D eigenvalue weighted by atomic mass is 32.1. The van der Waals surface area contributed by atoms with Gasteiger partial charge < -0.3 is 25.1 Å². The van der Waals surface area contributed by atoms with Gasteiger partial charge in [-0.1, -0.05) is 32.0 Å². The molecule has 2 atom stereocenters. The van der Waals surface area contributed by atoms with Crippen molar-refractivity contribution in [2.75, 3.05) is 6.54 Å². The van der Waals surface area contributed by atoms with Crippen molar-refractivity contribution in [3.05, 3.63) is 36.1 Å². The van der Waals surface area contributed by atoms with Gasteiger partial charge in [-0.2, -0.15) is 0 Å². The molecular weight excluding hydrogens is 394 g/mol. The summed E-state index contributed by atoms with van der Waals surface area (Å²) in [6, 6.07) is 6.04. The highest BCUT2D eigenvalue weighted by Gasteiger charge is 2.33. The number of hydrogen-bond acceptors (Lipinski definition) is 6. The number of amides is 2. The minimum absolute atomic E-state index is 0.0665. The smallest absolute Gasteiger partial charge is 0.289 e. The van der Waals surface area contributed by atoms with E-state index in [2.05, 4.69) is 16.0 Å². The van der Waals surface area contributed by atoms with Crippen LogP contribution in [-0.2, 0) is 25.7 Å². The largest absolute Gasteiger partial charge is 0.466 e. The van der Waals surface area contributed by atoms with Gasteiger partial charge in [-0.25, -0.2) is 0 Å². The molecule has 1 aromatic carbocycles. The number of benzene rings is 1. The van der Waals surface area contributed by atoms with E-state index >= 15 is 0 Å². The summed E-state index contributed by atoms with van der Waals surface area (Å²) in [5, 5.41) is 8.99. The van der Waals surface area contributed by atoms with E-state index in [0.29, 0.717) is 13.0 Å². The first-order valence-corrected chi connectivity index (χ1v) is 9.78. The van der Waals surface area contributed by atoms with E-state index in [0.717, 1.165) is 16.5 Å². The minimum Gasteiger partial charge on any atom is -0.466 e. The van der Waals surface area contributed by atoms with Crippen LogP contribution in [-0.4, -0.2) is 41.4 Å². The maximum atomic E-state index is 12.7. The molecule has 9 heteroatoms. The minimum atomic E-state index is -0.828. The molecule has 2 amide bonds. The van der Waals surface area contributed by atoms with Crippen LogP contribution in [0.4, 0.5) is 0 Å². The Morgan fingerprint density at radius 1 is 1.34 bits per heavy atom. The Balaban J connectivity index is 1.57. The summed E-state index contributed by atoms with van der Waals surface area (Å²) in [7, 11) is 0. The fraction of sp³-hybridized carbons (Fsp3) is 0.400. The molecule has 0 radical (unpaired) electrons. The Morgan fingerprint density at radius 2 is 2.10 bits per heavy atom. The van der Waals surface area contributed by atoms with Gasteiger partial charge >= 0.3 is 0 Å². The molecule has 1 aliphatic rings. The zero-order valence-corrected chi connectivity index (χ0v) is 17.0. The molecule has 8 nitrogen and oxygen atoms in total. The molecule has 3 rings (SSSR count). The first-order chi connectivity index (χ1) is 13.9. The SMILES string of the molecule is CC(C)C(NC(=S)OCc1coc2ccccc12)C(=O)NC1CCNC(=O)C1=O. The van der Waals surface area contributed by atoms with Crippen molar-refractivity contribution < 1.29 is 23.5 Å². The normalized spacial score (nSPS) is 17.7. The maximum absolute atomic E-state index is 12.7. The van der Waals surface area contributed by atoms with Crippen LogP contribution >= 0.6 is 12.2 Å². The fourth-order valence-electron chi connectivity index (χ4n) is 3.10. The Hall–Kier alpha value is -2.94. The topological polar surface area (TPSA) is 110 Å². The van der Waals surface area contributed by atoms with Crippen LogP contribution < -0.4 is 16.0 Å². The second-order valence-corrected chi connectivity index (χ2v) is 7.54. The summed E-state index contributed by atoms with van der Waals surface area (Å²) in [6.07, 6.45) is 1.97. The van der Waals surface area contributed by atoms with Gasteiger partial charge in [-0.3, -0.25) is 14.4 Å². The second-order valence-electron chi connectivity index (χ2n) is 7.17. The van der Waals surface area contributed by atoms with Gasteiger partial charge in [0, 0.05) is 17.5 Å². The van der Waals surface area contributed by atoms with Crippen LogP contribution in [0.5, 0.6) is 0 Å². The summed E-state index contributed by atoms with van der Waals surface area (Å²) >= 11 is 5.24. The molecule has 2 aromatic rings. The maximum Gasteiger partial charge on any atom is 0.289 e. The molecule has 29 heavy (non-hydrogen) atoms. The van der Waals surface area contributed by atoms with Crippen LogP contribution in [0.1, 0.15) is 25.8 Å². The lowest BCUT2D eigenvalue weighted by Crippen LogP contribution is -2.58. The number of carbonyl (C=O) groups excluding carboxylic acids is 3. The van der Waals surface area contributed by atoms with Gasteiger partial charge in [-0.15, -0.1) is 0 Å². The third-order valence-electron chi connectivity index (χ3n) is 4.72. The van der Waals surface area contributed by atoms with E-state index in [1.54, 1.807) is 6.26 Å². The molecule has 2 heterocycles. The molecule has 1 fully saturated rings. The third kappa shape index (κ3) is 4.92. The summed E-state index contributed by atoms with van der Waals surface area (Å²) in [4.78, 5) is 36.1. The van der Waals surface area contributed by atoms with Crippen LogP contribution in [0.25, 0.3) is 11.0 Å². The van der Waals surface area contributed by atoms with Crippen molar-refractivity contribution in [3.63, 3.8) is 0 Å². The van der Waals surface area contributed by atoms with Crippen molar-refractivity contribution in [2.24, 2.45) is 5.92 Å². The van der Waals surface area contributed by atoms with Gasteiger partial charge in [0.2, 0.25) is 11.7 Å². The molecule has 1 saturated heterocycles. The molecule has 3 N–H and O–H groups in total. The number of piperidine rings is 1. The van der Waals surface area contributed by atoms with Crippen LogP contribution in [0.15, 0.2) is 34.9 Å². The van der Waals surface area contributed by atoms with E-state index in [4.69, 9.17) is 21.4 Å². The number of Topliss-reactive ketones (excluding diaryl/α,β-unsaturated/α-hetero) is 1. The zero-order valence-electron chi connectivity index (χ0n) is 16.2. The lowest BCUT2D eigenvalue weighted by Gasteiger charge is -2.27. The Bertz CT molecular complexity index is 939. The number of thiocarbonyl (C=S) groups is 1. The predicted octanol–water partition coefficient (Wildman–Crippen LogP) is 1.42. The number of para-hydroxylation sites is 1. The average molecular weight is 417 g/mol. The lowest BCUT2D eigenvalue weighted by atomic mass is 10.0. The molecule has 1 aliphatic heterocycles. The molecule has 1 aromatic heterocycles. The average Bonchev–Trinajstić information content (AvgIpc) is 3.11. The number of ether oxygens (including phenoxy) is 1. The predicted molar refractivity (Wildman–Crippen MR) is 110 cm³/mol. The highest BCUT2D eigenvalue weighted by Crippen LogP contribution is 2.21. The van der Waals surface area contributed by atoms with E-state index in [1.807, 2.05) is 38.1 Å². The number of ketones is 1. The Labute approximate surface area is 173 Å². The number of fused-ring (bicyclic) bond motifs is 1. The van der Waals surface area contributed by atoms with Gasteiger partial charge in [0.25, 0.3) is 11.1 Å². The van der Waals surface area contributed by atoms with E-state index in [9.17, 15) is 14.4 Å². The van der Waals surface area contributed by atoms with Gasteiger partial charge in [0.05, 0.1) is 12.3 Å². The lowest BCUT2D eigenvalue weighted by molar-refractivity contribution is -0.142. The van der Waals surface area contributed by atoms with E-state index in [-0.39, 0.29) is 17.7 Å². The monoisotopic (exact) mass is 417 g/mol. The van der Waals surface area contributed by atoms with E-state index in [1.165, 1.54) is 0 Å². The van der Waals surface area contributed by atoms with Crippen molar-refractivity contribution in [1.82, 2.24) is 16.0 Å². The number of nitrogens with one attached hydrogen (secondary N) is 3. The van der Waals surface area contributed by atoms with Crippen molar-refractivity contribution in [2.45, 2.75) is 39.0 Å². The van der Waals surface area contributed by atoms with E-state index < -0.39 is 29.7 Å². The number of carbonyl (C=O) groups is 3. The van der Waals surface area contributed by atoms with Crippen molar-refractivity contribution >= 4 is 46.0 Å². The fourth-order valence-corrected chi connectivity index (χ4v) is 3.28. The van der Waals surface area contributed by atoms with Crippen LogP contribution in [0.3, 0.4) is 0 Å². The van der Waals surface area contributed by atoms with Crippen LogP contribution in [0.2, 0.25) is 0 Å². The third-order valence-corrected chi connectivity index (χ3v) is 4.95. The number of furan rings is 1. The molecular formula is C20H23N3O5S. The molecule has 0 saturated carbocycles. The molecule has 154 valence electrons. The van der Waals surface area contributed by atoms with Crippen molar-refractivity contribution in [3.8, 4) is 0 Å². The quantitative estimate of drug-likeness (QED) is 0.482. The summed E-state index contributed by atoms with van der Waals surface area (Å²) in [5.74, 6) is -1.86. The van der Waals surface area contributed by atoms with Gasteiger partial charge in [0.1, 0.15) is 18.2 Å². The standard InChI is InChI=1S/C20H23N3O5S/c1-11(2)16(18(25)22-14-7-8-21-19(26)17(14)24)23-20(29)28-10-12-9-27-15-6-4-3-5-13(12)15/h3-6,9,11,14,16H,7-8,10H2,1-2H3,(H,21,26)(H,22,25)(H,23,29). The number of rotatable bonds is 6. The molecule has 2 unspecified atom stereocenters. The first-order valence-electron chi connectivity index (χ1n) is 9.37. The Kier molecular flexibility index (Phi) is 6.48. The van der Waals surface area contributed by atoms with Gasteiger partial charge in [0.15, 0.2) is 0 Å². The highest BCUT2D eigenvalue weighted by molar-refractivity contribution is 7.80. The molecule has 0 spiro atoms. The van der Waals surface area contributed by atoms with Crippen molar-refractivity contribution in [1.29, 1.82) is 0 Å². The first kappa shape index (κ1) is 20.8. The summed E-state index contributed by atoms with van der Waals surface area (Å²) in [5.41, 5.74) is 1.60. The summed E-state index contributed by atoms with van der Waals surface area (Å²) in [6.45, 7) is 4.23. The molecule has 0 aliphatic carbocycles.